The normalized spacial score (nSPS) is 19.8. The molecular formula is C12H12N4O3S. The van der Waals surface area contributed by atoms with Crippen molar-refractivity contribution in [1.82, 2.24) is 9.97 Å². The van der Waals surface area contributed by atoms with Crippen LogP contribution in [0.4, 0.5) is 5.69 Å². The fraction of sp³-hybridized carbons (Fsp3) is 0.250. The Morgan fingerprint density at radius 3 is 2.55 bits per heavy atom. The number of amides is 1. The Morgan fingerprint density at radius 1 is 1.20 bits per heavy atom. The number of hydrogen-bond acceptors (Lipinski definition) is 5. The number of anilines is 1. The largest absolute Gasteiger partial charge is 0.311 e. The number of aromatic nitrogens is 2. The molecule has 104 valence electrons. The predicted octanol–water partition coefficient (Wildman–Crippen LogP) is 0.0236. The van der Waals surface area contributed by atoms with Crippen LogP contribution in [0.25, 0.3) is 11.0 Å². The van der Waals surface area contributed by atoms with Gasteiger partial charge in [-0.05, 0) is 18.2 Å². The maximum absolute atomic E-state index is 11.9. The van der Waals surface area contributed by atoms with Crippen LogP contribution in [0.2, 0.25) is 0 Å². The van der Waals surface area contributed by atoms with Gasteiger partial charge in [-0.1, -0.05) is 0 Å². The van der Waals surface area contributed by atoms with Crippen molar-refractivity contribution < 1.29 is 13.2 Å². The van der Waals surface area contributed by atoms with E-state index in [1.54, 1.807) is 30.6 Å². The van der Waals surface area contributed by atoms with E-state index in [4.69, 9.17) is 5.14 Å². The highest BCUT2D eigenvalue weighted by molar-refractivity contribution is 7.89. The number of primary sulfonamides is 1. The zero-order valence-corrected chi connectivity index (χ0v) is 11.2. The maximum atomic E-state index is 11.9. The predicted molar refractivity (Wildman–Crippen MR) is 73.4 cm³/mol. The average Bonchev–Trinajstić information content (AvgIpc) is 2.80. The van der Waals surface area contributed by atoms with Crippen molar-refractivity contribution in [3.8, 4) is 0 Å². The summed E-state index contributed by atoms with van der Waals surface area (Å²) in [6, 6.07) is 5.18. The van der Waals surface area contributed by atoms with Crippen LogP contribution in [-0.2, 0) is 14.8 Å². The molecule has 20 heavy (non-hydrogen) atoms. The highest BCUT2D eigenvalue weighted by atomic mass is 32.2. The number of carbonyl (C=O) groups excluding carboxylic acids is 1. The van der Waals surface area contributed by atoms with Crippen LogP contribution >= 0.6 is 0 Å². The topological polar surface area (TPSA) is 106 Å². The van der Waals surface area contributed by atoms with E-state index in [2.05, 4.69) is 9.97 Å². The van der Waals surface area contributed by atoms with Gasteiger partial charge in [-0.25, -0.2) is 13.6 Å². The standard InChI is InChI=1S/C12H12N4O3S/c13-20(18,19)9-6-12(17)16(7-9)8-1-2-10-11(5-8)15-4-3-14-10/h1-5,9H,6-7H2,(H2,13,18,19). The van der Waals surface area contributed by atoms with Crippen molar-refractivity contribution in [2.45, 2.75) is 11.7 Å². The summed E-state index contributed by atoms with van der Waals surface area (Å²) < 4.78 is 22.7. The summed E-state index contributed by atoms with van der Waals surface area (Å²) in [6.45, 7) is 0.0729. The lowest BCUT2D eigenvalue weighted by Crippen LogP contribution is -2.32. The zero-order chi connectivity index (χ0) is 14.3. The zero-order valence-electron chi connectivity index (χ0n) is 10.4. The molecule has 1 atom stereocenters. The first-order valence-electron chi connectivity index (χ1n) is 5.98. The third-order valence-corrected chi connectivity index (χ3v) is 4.56. The Morgan fingerprint density at radius 2 is 1.90 bits per heavy atom. The van der Waals surface area contributed by atoms with E-state index in [1.165, 1.54) is 4.90 Å². The van der Waals surface area contributed by atoms with E-state index in [9.17, 15) is 13.2 Å². The van der Waals surface area contributed by atoms with Gasteiger partial charge >= 0.3 is 0 Å². The molecule has 1 aromatic heterocycles. The van der Waals surface area contributed by atoms with E-state index in [1.807, 2.05) is 0 Å². The van der Waals surface area contributed by atoms with E-state index >= 15 is 0 Å². The van der Waals surface area contributed by atoms with E-state index in [0.29, 0.717) is 16.7 Å². The van der Waals surface area contributed by atoms with Gasteiger partial charge in [-0.3, -0.25) is 14.8 Å². The Labute approximate surface area is 115 Å². The molecule has 1 aliphatic heterocycles. The summed E-state index contributed by atoms with van der Waals surface area (Å²) in [4.78, 5) is 21.7. The van der Waals surface area contributed by atoms with Crippen molar-refractivity contribution in [3.63, 3.8) is 0 Å². The van der Waals surface area contributed by atoms with Gasteiger partial charge in [0.2, 0.25) is 15.9 Å². The monoisotopic (exact) mass is 292 g/mol. The minimum Gasteiger partial charge on any atom is -0.311 e. The second-order valence-electron chi connectivity index (χ2n) is 4.65. The van der Waals surface area contributed by atoms with Crippen LogP contribution in [-0.4, -0.2) is 36.1 Å². The molecule has 1 fully saturated rings. The van der Waals surface area contributed by atoms with Gasteiger partial charge in [0.15, 0.2) is 0 Å². The Bertz CT molecular complexity index is 790. The van der Waals surface area contributed by atoms with Gasteiger partial charge in [-0.15, -0.1) is 0 Å². The summed E-state index contributed by atoms with van der Waals surface area (Å²) >= 11 is 0. The second kappa shape index (κ2) is 4.50. The Kier molecular flexibility index (Phi) is 2.91. The molecule has 2 N–H and O–H groups in total. The minimum atomic E-state index is -3.71. The number of nitrogens with two attached hydrogens (primary N) is 1. The SMILES string of the molecule is NS(=O)(=O)C1CC(=O)N(c2ccc3nccnc3c2)C1. The van der Waals surface area contributed by atoms with Crippen molar-refractivity contribution in [2.75, 3.05) is 11.4 Å². The molecule has 8 heteroatoms. The van der Waals surface area contributed by atoms with Crippen LogP contribution < -0.4 is 10.0 Å². The maximum Gasteiger partial charge on any atom is 0.228 e. The van der Waals surface area contributed by atoms with Gasteiger partial charge in [0.05, 0.1) is 11.0 Å². The number of rotatable bonds is 2. The molecular weight excluding hydrogens is 280 g/mol. The third-order valence-electron chi connectivity index (χ3n) is 3.32. The van der Waals surface area contributed by atoms with Gasteiger partial charge < -0.3 is 4.90 Å². The fourth-order valence-electron chi connectivity index (χ4n) is 2.26. The molecule has 1 amide bonds. The minimum absolute atomic E-state index is 0.0729. The Hall–Kier alpha value is -2.06. The van der Waals surface area contributed by atoms with Gasteiger partial charge in [0.1, 0.15) is 5.25 Å². The molecule has 0 bridgehead atoms. The van der Waals surface area contributed by atoms with Crippen molar-refractivity contribution >= 4 is 32.7 Å². The number of sulfonamides is 1. The lowest BCUT2D eigenvalue weighted by molar-refractivity contribution is -0.117. The molecule has 3 rings (SSSR count). The molecule has 1 aliphatic rings. The van der Waals surface area contributed by atoms with Gasteiger partial charge in [0.25, 0.3) is 0 Å². The number of benzene rings is 1. The number of carbonyl (C=O) groups is 1. The summed E-state index contributed by atoms with van der Waals surface area (Å²) in [5.41, 5.74) is 1.97. The summed E-state index contributed by atoms with van der Waals surface area (Å²) in [6.07, 6.45) is 3.06. The number of hydrogen-bond donors (Lipinski definition) is 1. The quantitative estimate of drug-likeness (QED) is 0.840. The first-order valence-corrected chi connectivity index (χ1v) is 7.59. The smallest absolute Gasteiger partial charge is 0.228 e. The lowest BCUT2D eigenvalue weighted by atomic mass is 10.2. The molecule has 1 saturated heterocycles. The fourth-order valence-corrected chi connectivity index (χ4v) is 3.00. The van der Waals surface area contributed by atoms with Crippen LogP contribution in [0, 0.1) is 0 Å². The first-order chi connectivity index (χ1) is 9.45. The first kappa shape index (κ1) is 12.9. The summed E-state index contributed by atoms with van der Waals surface area (Å²) in [5, 5.41) is 4.25. The van der Waals surface area contributed by atoms with E-state index < -0.39 is 15.3 Å². The molecule has 0 saturated carbocycles. The van der Waals surface area contributed by atoms with Crippen molar-refractivity contribution in [2.24, 2.45) is 5.14 Å². The number of nitrogens with zero attached hydrogens (tertiary/aromatic N) is 3. The van der Waals surface area contributed by atoms with Crippen molar-refractivity contribution in [3.05, 3.63) is 30.6 Å². The summed E-state index contributed by atoms with van der Waals surface area (Å²) in [7, 11) is -3.71. The van der Waals surface area contributed by atoms with Crippen LogP contribution in [0.5, 0.6) is 0 Å². The third kappa shape index (κ3) is 2.23. The van der Waals surface area contributed by atoms with Crippen LogP contribution in [0.1, 0.15) is 6.42 Å². The van der Waals surface area contributed by atoms with E-state index in [0.717, 1.165) is 0 Å². The Balaban J connectivity index is 1.97. The van der Waals surface area contributed by atoms with Crippen molar-refractivity contribution in [1.29, 1.82) is 0 Å². The molecule has 1 aromatic carbocycles. The van der Waals surface area contributed by atoms with Crippen LogP contribution in [0.3, 0.4) is 0 Å². The molecule has 1 unspecified atom stereocenters. The summed E-state index contributed by atoms with van der Waals surface area (Å²) in [5.74, 6) is -0.257. The van der Waals surface area contributed by atoms with Gasteiger partial charge in [-0.2, -0.15) is 0 Å². The molecule has 0 spiro atoms. The second-order valence-corrected chi connectivity index (χ2v) is 6.49. The number of fused-ring (bicyclic) bond motifs is 1. The molecule has 0 radical (unpaired) electrons. The molecule has 2 heterocycles. The van der Waals surface area contributed by atoms with E-state index in [-0.39, 0.29) is 18.9 Å². The average molecular weight is 292 g/mol. The highest BCUT2D eigenvalue weighted by Crippen LogP contribution is 2.26. The van der Waals surface area contributed by atoms with Gasteiger partial charge in [0, 0.05) is 31.0 Å². The molecule has 7 nitrogen and oxygen atoms in total. The lowest BCUT2D eigenvalue weighted by Gasteiger charge is -2.16. The highest BCUT2D eigenvalue weighted by Gasteiger charge is 2.37. The molecule has 2 aromatic rings. The molecule has 0 aliphatic carbocycles. The van der Waals surface area contributed by atoms with Crippen LogP contribution in [0.15, 0.2) is 30.6 Å².